The fraction of sp³-hybridized carbons (Fsp3) is 0.154. The first kappa shape index (κ1) is 10.5. The Kier molecular flexibility index (Phi) is 3.05. The summed E-state index contributed by atoms with van der Waals surface area (Å²) in [6, 6.07) is 7.91. The Balaban J connectivity index is 2.47. The molecule has 0 saturated carbocycles. The van der Waals surface area contributed by atoms with Gasteiger partial charge in [0.25, 0.3) is 0 Å². The molecule has 2 rings (SSSR count). The molecule has 0 aliphatic carbocycles. The molecule has 0 bridgehead atoms. The summed E-state index contributed by atoms with van der Waals surface area (Å²) in [5.41, 5.74) is 0. The third-order valence-electron chi connectivity index (χ3n) is 2.39. The van der Waals surface area contributed by atoms with Crippen molar-refractivity contribution in [1.82, 2.24) is 4.98 Å². The number of methoxy groups -OCH3 is 1. The molecule has 0 amide bonds. The molecule has 3 heteroatoms. The molecule has 0 atom stereocenters. The van der Waals surface area contributed by atoms with Crippen molar-refractivity contribution in [1.29, 1.82) is 0 Å². The highest BCUT2D eigenvalue weighted by molar-refractivity contribution is 5.92. The number of aromatic nitrogens is 1. The maximum Gasteiger partial charge on any atom is 0.134 e. The maximum absolute atomic E-state index is 5.19. The van der Waals surface area contributed by atoms with Gasteiger partial charge in [-0.1, -0.05) is 6.08 Å². The van der Waals surface area contributed by atoms with E-state index in [-0.39, 0.29) is 0 Å². The summed E-state index contributed by atoms with van der Waals surface area (Å²) in [5.74, 6) is 1.73. The molecule has 1 aromatic carbocycles. The zero-order valence-electron chi connectivity index (χ0n) is 9.23. The Morgan fingerprint density at radius 1 is 1.44 bits per heavy atom. The molecule has 1 N–H and O–H groups in total. The van der Waals surface area contributed by atoms with Crippen LogP contribution in [-0.4, -0.2) is 18.6 Å². The number of pyridine rings is 1. The molecule has 0 aliphatic rings. The molecule has 1 aromatic heterocycles. The van der Waals surface area contributed by atoms with Crippen molar-refractivity contribution in [3.05, 3.63) is 43.1 Å². The average Bonchev–Trinajstić information content (AvgIpc) is 2.35. The summed E-state index contributed by atoms with van der Waals surface area (Å²) in [6.45, 7) is 4.38. The van der Waals surface area contributed by atoms with Crippen molar-refractivity contribution in [3.63, 3.8) is 0 Å². The van der Waals surface area contributed by atoms with Gasteiger partial charge in [-0.3, -0.25) is 0 Å². The van der Waals surface area contributed by atoms with Gasteiger partial charge in [-0.15, -0.1) is 6.58 Å². The van der Waals surface area contributed by atoms with Crippen LogP contribution < -0.4 is 10.1 Å². The Hall–Kier alpha value is -2.03. The lowest BCUT2D eigenvalue weighted by atomic mass is 10.1. The van der Waals surface area contributed by atoms with Crippen molar-refractivity contribution in [2.24, 2.45) is 0 Å². The Bertz CT molecular complexity index is 508. The van der Waals surface area contributed by atoms with Gasteiger partial charge in [-0.2, -0.15) is 0 Å². The van der Waals surface area contributed by atoms with E-state index in [9.17, 15) is 0 Å². The molecule has 16 heavy (non-hydrogen) atoms. The highest BCUT2D eigenvalue weighted by Crippen LogP contribution is 2.24. The minimum absolute atomic E-state index is 0.706. The third-order valence-corrected chi connectivity index (χ3v) is 2.39. The lowest BCUT2D eigenvalue weighted by molar-refractivity contribution is 0.415. The number of nitrogens with zero attached hydrogens (tertiary/aromatic N) is 1. The lowest BCUT2D eigenvalue weighted by Crippen LogP contribution is -2.00. The first-order valence-corrected chi connectivity index (χ1v) is 5.12. The van der Waals surface area contributed by atoms with E-state index in [1.165, 1.54) is 0 Å². The van der Waals surface area contributed by atoms with Gasteiger partial charge in [0.1, 0.15) is 11.6 Å². The zero-order chi connectivity index (χ0) is 11.4. The second-order valence-corrected chi connectivity index (χ2v) is 3.42. The van der Waals surface area contributed by atoms with Crippen LogP contribution in [0.2, 0.25) is 0 Å². The largest absolute Gasteiger partial charge is 0.497 e. The fourth-order valence-electron chi connectivity index (χ4n) is 1.59. The minimum Gasteiger partial charge on any atom is -0.497 e. The van der Waals surface area contributed by atoms with Crippen LogP contribution in [0.3, 0.4) is 0 Å². The normalized spacial score (nSPS) is 10.1. The second kappa shape index (κ2) is 4.66. The van der Waals surface area contributed by atoms with Crippen molar-refractivity contribution in [2.75, 3.05) is 19.0 Å². The van der Waals surface area contributed by atoms with Gasteiger partial charge in [0, 0.05) is 18.1 Å². The van der Waals surface area contributed by atoms with Crippen molar-refractivity contribution < 1.29 is 4.74 Å². The number of nitrogens with one attached hydrogen (secondary N) is 1. The summed E-state index contributed by atoms with van der Waals surface area (Å²) in [5, 5.41) is 5.40. The summed E-state index contributed by atoms with van der Waals surface area (Å²) >= 11 is 0. The lowest BCUT2D eigenvalue weighted by Gasteiger charge is -2.07. The fourth-order valence-corrected chi connectivity index (χ4v) is 1.59. The van der Waals surface area contributed by atoms with Gasteiger partial charge in [0.2, 0.25) is 0 Å². The van der Waals surface area contributed by atoms with Crippen LogP contribution in [0.1, 0.15) is 0 Å². The highest BCUT2D eigenvalue weighted by atomic mass is 16.5. The van der Waals surface area contributed by atoms with Gasteiger partial charge < -0.3 is 10.1 Å². The highest BCUT2D eigenvalue weighted by Gasteiger charge is 2.02. The standard InChI is InChI=1S/C13H14N2O/c1-3-7-14-13-12-5-4-11(16-2)9-10(12)6-8-15-13/h3-6,8-9H,1,7H2,2H3,(H,14,15). The van der Waals surface area contributed by atoms with Crippen LogP contribution in [0.5, 0.6) is 5.75 Å². The average molecular weight is 214 g/mol. The molecule has 3 nitrogen and oxygen atoms in total. The quantitative estimate of drug-likeness (QED) is 0.795. The SMILES string of the molecule is C=CCNc1nccc2cc(OC)ccc12. The van der Waals surface area contributed by atoms with E-state index in [4.69, 9.17) is 4.74 Å². The topological polar surface area (TPSA) is 34.2 Å². The van der Waals surface area contributed by atoms with Crippen molar-refractivity contribution in [2.45, 2.75) is 0 Å². The number of hydrogen-bond acceptors (Lipinski definition) is 3. The van der Waals surface area contributed by atoms with E-state index in [0.29, 0.717) is 6.54 Å². The molecule has 2 aromatic rings. The van der Waals surface area contributed by atoms with Gasteiger partial charge in [-0.05, 0) is 29.7 Å². The molecule has 82 valence electrons. The minimum atomic E-state index is 0.706. The number of rotatable bonds is 4. The maximum atomic E-state index is 5.19. The molecule has 0 fully saturated rings. The smallest absolute Gasteiger partial charge is 0.134 e. The number of anilines is 1. The van der Waals surface area contributed by atoms with Crippen LogP contribution in [0.4, 0.5) is 5.82 Å². The van der Waals surface area contributed by atoms with E-state index in [1.54, 1.807) is 13.3 Å². The summed E-state index contributed by atoms with van der Waals surface area (Å²) in [7, 11) is 1.67. The molecule has 0 saturated heterocycles. The third kappa shape index (κ3) is 1.98. The summed E-state index contributed by atoms with van der Waals surface area (Å²) in [4.78, 5) is 4.30. The number of hydrogen-bond donors (Lipinski definition) is 1. The molecular formula is C13H14N2O. The van der Waals surface area contributed by atoms with Gasteiger partial charge in [-0.25, -0.2) is 4.98 Å². The second-order valence-electron chi connectivity index (χ2n) is 3.42. The molecule has 0 radical (unpaired) electrons. The molecule has 1 heterocycles. The summed E-state index contributed by atoms with van der Waals surface area (Å²) < 4.78 is 5.19. The van der Waals surface area contributed by atoms with Crippen LogP contribution in [0, 0.1) is 0 Å². The van der Waals surface area contributed by atoms with Crippen LogP contribution in [0.25, 0.3) is 10.8 Å². The van der Waals surface area contributed by atoms with Crippen molar-refractivity contribution in [3.8, 4) is 5.75 Å². The predicted molar refractivity (Wildman–Crippen MR) is 67.0 cm³/mol. The summed E-state index contributed by atoms with van der Waals surface area (Å²) in [6.07, 6.45) is 3.59. The van der Waals surface area contributed by atoms with E-state index in [1.807, 2.05) is 30.3 Å². The Labute approximate surface area is 94.8 Å². The molecular weight excluding hydrogens is 200 g/mol. The molecule has 0 aliphatic heterocycles. The van der Waals surface area contributed by atoms with Gasteiger partial charge in [0.15, 0.2) is 0 Å². The first-order chi connectivity index (χ1) is 7.85. The number of ether oxygens (including phenoxy) is 1. The van der Waals surface area contributed by atoms with E-state index in [2.05, 4.69) is 16.9 Å². The van der Waals surface area contributed by atoms with Gasteiger partial charge in [0.05, 0.1) is 7.11 Å². The van der Waals surface area contributed by atoms with E-state index < -0.39 is 0 Å². The van der Waals surface area contributed by atoms with E-state index in [0.717, 1.165) is 22.3 Å². The van der Waals surface area contributed by atoms with Crippen LogP contribution in [0.15, 0.2) is 43.1 Å². The van der Waals surface area contributed by atoms with Crippen LogP contribution in [-0.2, 0) is 0 Å². The number of benzene rings is 1. The molecule has 0 spiro atoms. The zero-order valence-corrected chi connectivity index (χ0v) is 9.23. The number of fused-ring (bicyclic) bond motifs is 1. The van der Waals surface area contributed by atoms with Crippen molar-refractivity contribution >= 4 is 16.6 Å². The van der Waals surface area contributed by atoms with Crippen LogP contribution >= 0.6 is 0 Å². The first-order valence-electron chi connectivity index (χ1n) is 5.12. The monoisotopic (exact) mass is 214 g/mol. The molecule has 0 unspecified atom stereocenters. The predicted octanol–water partition coefficient (Wildman–Crippen LogP) is 2.84. The Morgan fingerprint density at radius 2 is 2.31 bits per heavy atom. The van der Waals surface area contributed by atoms with E-state index >= 15 is 0 Å². The van der Waals surface area contributed by atoms with Gasteiger partial charge >= 0.3 is 0 Å². The Morgan fingerprint density at radius 3 is 3.06 bits per heavy atom.